The molecule has 3 amide bonds. The van der Waals surface area contributed by atoms with Crippen molar-refractivity contribution in [1.82, 2.24) is 99.0 Å². The number of aliphatic hydroxyl groups excluding tert-OH is 1. The van der Waals surface area contributed by atoms with E-state index in [1.54, 1.807) is 118 Å². The van der Waals surface area contributed by atoms with Crippen molar-refractivity contribution in [2.24, 2.45) is 0 Å². The molecule has 732 valence electrons. The molecule has 138 heavy (non-hydrogen) atoms. The van der Waals surface area contributed by atoms with Gasteiger partial charge in [-0.2, -0.15) is 33.9 Å². The number of aryl methyl sites for hydroxylation is 4. The Balaban J connectivity index is 0.000000235. The van der Waals surface area contributed by atoms with Crippen LogP contribution in [0, 0.1) is 27.7 Å². The molecule has 1 unspecified atom stereocenters. The van der Waals surface area contributed by atoms with Crippen LogP contribution in [-0.4, -0.2) is 263 Å². The molecule has 16 rings (SSSR count). The number of alkyl halides is 4. The number of nitrogens with zero attached hydrogens (tertiary/aromatic N) is 19. The Labute approximate surface area is 833 Å². The van der Waals surface area contributed by atoms with Crippen LogP contribution in [0.4, 0.5) is 17.6 Å². The molecule has 0 radical (unpaired) electrons. The van der Waals surface area contributed by atoms with Crippen molar-refractivity contribution in [3.63, 3.8) is 0 Å². The number of amides is 3. The lowest BCUT2D eigenvalue weighted by Gasteiger charge is -2.22. The van der Waals surface area contributed by atoms with Crippen LogP contribution in [0.25, 0.3) is 88.1 Å². The summed E-state index contributed by atoms with van der Waals surface area (Å²) >= 11 is 24.2. The van der Waals surface area contributed by atoms with Crippen LogP contribution < -0.4 is 5.32 Å². The number of methoxy groups -OCH3 is 2. The Morgan fingerprint density at radius 3 is 0.964 bits per heavy atom. The number of carbonyl (C=O) groups excluding carboxylic acids is 9. The molecular formula is C88H96F4N20O16S10. The van der Waals surface area contributed by atoms with Crippen molar-refractivity contribution in [2.45, 2.75) is 177 Å². The summed E-state index contributed by atoms with van der Waals surface area (Å²) in [5, 5.41) is 51.3. The average molecular weight is 2090 g/mol. The second-order valence-corrected chi connectivity index (χ2v) is 36.3. The van der Waals surface area contributed by atoms with Gasteiger partial charge >= 0.3 is 23.9 Å². The number of fused-ring (bicyclic) bond motifs is 4. The molecule has 4 N–H and O–H groups in total. The van der Waals surface area contributed by atoms with Gasteiger partial charge in [-0.3, -0.25) is 57.1 Å². The van der Waals surface area contributed by atoms with Gasteiger partial charge in [0, 0.05) is 240 Å². The third-order valence-electron chi connectivity index (χ3n) is 21.5. The van der Waals surface area contributed by atoms with E-state index >= 15 is 0 Å². The summed E-state index contributed by atoms with van der Waals surface area (Å²) in [6.07, 6.45) is 7.48. The van der Waals surface area contributed by atoms with Gasteiger partial charge in [0.15, 0.2) is 23.1 Å². The van der Waals surface area contributed by atoms with E-state index in [2.05, 4.69) is 137 Å². The largest absolute Gasteiger partial charge is 0.480 e. The molecular weight excluding hydrogens is 1990 g/mol. The Morgan fingerprint density at radius 1 is 0.428 bits per heavy atom. The number of aliphatic hydroxyl groups is 1. The van der Waals surface area contributed by atoms with Crippen molar-refractivity contribution in [3.05, 3.63) is 168 Å². The number of nitrogens with one attached hydrogen (secondary N) is 1. The van der Waals surface area contributed by atoms with Crippen molar-refractivity contribution in [2.75, 3.05) is 40.4 Å². The van der Waals surface area contributed by atoms with Crippen LogP contribution in [0.1, 0.15) is 134 Å². The van der Waals surface area contributed by atoms with Gasteiger partial charge < -0.3 is 44.8 Å². The summed E-state index contributed by atoms with van der Waals surface area (Å²) in [4.78, 5) is 168. The van der Waals surface area contributed by atoms with Crippen molar-refractivity contribution in [1.29, 1.82) is 0 Å². The fraction of sp³-hybridized carbons (Fsp3) is 0.375. The number of esters is 2. The first-order chi connectivity index (χ1) is 64.8. The maximum Gasteiger partial charge on any atom is 0.328 e. The highest BCUT2D eigenvalue weighted by atomic mass is 33.2. The summed E-state index contributed by atoms with van der Waals surface area (Å²) in [6, 6.07) is 18.0. The second-order valence-electron chi connectivity index (χ2n) is 31.0. The zero-order valence-corrected chi connectivity index (χ0v) is 83.4. The lowest BCUT2D eigenvalue weighted by Crippen LogP contribution is -2.42. The number of aromatic nitrogens is 16. The molecule has 36 nitrogen and oxygen atoms in total. The van der Waals surface area contributed by atoms with E-state index in [1.165, 1.54) is 78.6 Å². The topological polar surface area (TPSA) is 463 Å². The number of likely N-dealkylation sites (tertiary alicyclic amines) is 3. The Kier molecular flexibility index (Phi) is 43.2. The molecule has 0 aliphatic carbocycles. The predicted molar refractivity (Wildman–Crippen MR) is 532 cm³/mol. The van der Waals surface area contributed by atoms with Crippen LogP contribution in [0.5, 0.6) is 0 Å². The summed E-state index contributed by atoms with van der Waals surface area (Å²) in [7, 11) is 5.76. The zero-order chi connectivity index (χ0) is 99.8. The molecule has 8 aromatic heterocycles. The number of aliphatic carboxylic acids is 2. The first-order valence-corrected chi connectivity index (χ1v) is 49.1. The number of ketones is 4. The first-order valence-electron chi connectivity index (χ1n) is 41.1. The SMILES string of the molecule is C.CC(=O)Cn1nc(C(C)=O)c2cc(-c3cnc(C)nc3)ccc21.CC(=O)c1nn(CC(=O)N2C[C@H](F)C[C@H]2C(=O)O)c2ccc(-c3cnc(C)nc3)cc12.COC(=O)[C@@H]1C[C@@H](F)CN1.COC(=O)[C@@H]1C[C@@H](F)CN1C(=O)Cn1nc(C(C)=O)c2cc(-c3cnc(C)nc3)ccc21.Cc1ncc(-c2ccc3c(c2)c(C(C)O)nn3CC(=O)N2C[C@H](F)C[C@H]2C(=O)O)cn1.S.S=S.S=S=S.S=S=S=S. The molecule has 50 heteroatoms. The quantitative estimate of drug-likeness (QED) is 0.0313. The minimum atomic E-state index is -1.38. The Hall–Kier alpha value is -12.0. The molecule has 4 saturated heterocycles. The van der Waals surface area contributed by atoms with Crippen LogP contribution in [0.2, 0.25) is 0 Å². The molecule has 0 saturated carbocycles. The van der Waals surface area contributed by atoms with E-state index in [0.717, 1.165) is 74.1 Å². The number of benzene rings is 4. The van der Waals surface area contributed by atoms with Gasteiger partial charge in [0.25, 0.3) is 0 Å². The molecule has 4 aliphatic rings. The molecule has 9 atom stereocenters. The zero-order valence-electron chi connectivity index (χ0n) is 75.1. The van der Waals surface area contributed by atoms with Crippen molar-refractivity contribution < 1.29 is 95.1 Å². The van der Waals surface area contributed by atoms with Crippen molar-refractivity contribution in [3.8, 4) is 44.5 Å². The third kappa shape index (κ3) is 29.1. The number of carbonyl (C=O) groups is 11. The molecule has 12 aromatic rings. The first kappa shape index (κ1) is 113. The standard InChI is InChI=1S/C22H22FN5O4.C21H22FN5O4.C21H20FN5O4.C17H16N4O2.C6H10FNO2.CH4.S4.S3.S2.H2S/c1-12(29)21-17-6-14(15-8-24-13(2)25-9-15)4-5-18(17)28(26-21)11-20(30)27-10-16(23)7-19(27)22(31)32-3;2*1-11(28)20-16-5-13(14-7-23-12(2)24-8-14)3-4-17(16)27(25-20)10-19(29)26-9-15(22)6-18(26)21(30)31;1-10(22)9-21-16-5-4-13(14-7-18-12(3)19-8-14)6-15(16)17(20-21)11(2)23;1-10-6(9)5-2-4(7)3-8-5;;1-3-4-2;1-3-2;1-2;/h4-6,8-9,16,19H,7,10-11H2,1-3H3;3-5,7-8,11,15,18,28H,6,9-10H2,1-2H3,(H,30,31);3-5,7-8,15,18H,6,9-10H2,1-2H3,(H,30,31);4-8H,9H2,1-3H3;4-5,8H,2-3H2,1H3;1H4;;;;1H2/t16-,19+;11?,15-,18+;15-,18+;;4-,5+;;;;;/m111.1...../s1. The highest BCUT2D eigenvalue weighted by molar-refractivity contribution is 8.51. The Morgan fingerprint density at radius 2 is 0.703 bits per heavy atom. The summed E-state index contributed by atoms with van der Waals surface area (Å²) in [5.74, 6) is -3.12. The van der Waals surface area contributed by atoms with Gasteiger partial charge in [-0.05, 0) is 112 Å². The van der Waals surface area contributed by atoms with Crippen LogP contribution in [0.3, 0.4) is 0 Å². The van der Waals surface area contributed by atoms with Crippen molar-refractivity contribution >= 4 is 216 Å². The van der Waals surface area contributed by atoms with E-state index in [4.69, 9.17) is 4.74 Å². The van der Waals surface area contributed by atoms with E-state index in [-0.39, 0.29) is 139 Å². The van der Waals surface area contributed by atoms with Gasteiger partial charge in [-0.15, -0.1) is 0 Å². The summed E-state index contributed by atoms with van der Waals surface area (Å²) in [6.45, 7) is 13.4. The van der Waals surface area contributed by atoms with Gasteiger partial charge in [0.2, 0.25) is 17.7 Å². The number of halogens is 4. The molecule has 4 aromatic carbocycles. The van der Waals surface area contributed by atoms with Crippen LogP contribution in [-0.2, 0) is 168 Å². The minimum absolute atomic E-state index is 0. The average Bonchev–Trinajstić information content (AvgIpc) is 1.64. The van der Waals surface area contributed by atoms with Crippen LogP contribution in [0.15, 0.2) is 122 Å². The number of rotatable bonds is 20. The lowest BCUT2D eigenvalue weighted by atomic mass is 10.0. The lowest BCUT2D eigenvalue weighted by molar-refractivity contribution is -0.151. The monoisotopic (exact) mass is 2080 g/mol. The second kappa shape index (κ2) is 52.7. The maximum atomic E-state index is 13.9. The maximum absolute atomic E-state index is 13.9. The van der Waals surface area contributed by atoms with Crippen LogP contribution >= 0.6 is 13.5 Å². The summed E-state index contributed by atoms with van der Waals surface area (Å²) < 4.78 is 68.7. The smallest absolute Gasteiger partial charge is 0.328 e. The highest BCUT2D eigenvalue weighted by Gasteiger charge is 2.43. The number of ether oxygens (including phenoxy) is 2. The molecule has 0 spiro atoms. The third-order valence-corrected chi connectivity index (χ3v) is 23.7. The minimum Gasteiger partial charge on any atom is -0.480 e. The molecule has 4 aliphatic heterocycles. The van der Waals surface area contributed by atoms with E-state index in [0.29, 0.717) is 67.4 Å². The predicted octanol–water partition coefficient (Wildman–Crippen LogP) is 9.20. The van der Waals surface area contributed by atoms with E-state index in [1.807, 2.05) is 43.3 Å². The van der Waals surface area contributed by atoms with Gasteiger partial charge in [-0.25, -0.2) is 71.8 Å². The number of carboxylic acids is 2. The normalized spacial score (nSPS) is 17.2. The van der Waals surface area contributed by atoms with E-state index < -0.39 is 90.6 Å². The number of hydrogen-bond acceptors (Lipinski definition) is 33. The number of carboxylic acid groups (broad SMARTS) is 2. The molecule has 12 heterocycles. The van der Waals surface area contributed by atoms with Gasteiger partial charge in [0.05, 0.1) is 74.3 Å². The van der Waals surface area contributed by atoms with E-state index in [9.17, 15) is 85.6 Å². The van der Waals surface area contributed by atoms with Gasteiger partial charge in [-0.1, -0.05) is 31.7 Å². The number of Topliss-reactive ketones (excluding diaryl/α,β-unsaturated/α-hetero) is 4. The highest BCUT2D eigenvalue weighted by Crippen LogP contribution is 2.35. The number of hydrogen-bond donors (Lipinski definition) is 4. The fourth-order valence-electron chi connectivity index (χ4n) is 15.1. The fourth-order valence-corrected chi connectivity index (χ4v) is 15.1. The Bertz CT molecular complexity index is 6580. The molecule has 4 fully saturated rings. The van der Waals surface area contributed by atoms with Gasteiger partial charge in [0.1, 0.15) is 109 Å². The molecule has 0 bridgehead atoms. The summed E-state index contributed by atoms with van der Waals surface area (Å²) in [5.41, 5.74) is 10.2.